The molecule has 0 saturated carbocycles. The van der Waals surface area contributed by atoms with Crippen molar-refractivity contribution in [2.75, 3.05) is 5.88 Å². The highest BCUT2D eigenvalue weighted by molar-refractivity contribution is 6.18. The highest BCUT2D eigenvalue weighted by Crippen LogP contribution is 2.13. The summed E-state index contributed by atoms with van der Waals surface area (Å²) in [5.74, 6) is 2.11. The predicted molar refractivity (Wildman–Crippen MR) is 64.5 cm³/mol. The van der Waals surface area contributed by atoms with Crippen molar-refractivity contribution < 1.29 is 9.21 Å². The predicted octanol–water partition coefficient (Wildman–Crippen LogP) is 2.95. The van der Waals surface area contributed by atoms with E-state index in [-0.39, 0.29) is 11.9 Å². The largest absolute Gasteiger partial charge is 0.464 e. The van der Waals surface area contributed by atoms with E-state index in [0.29, 0.717) is 18.8 Å². The van der Waals surface area contributed by atoms with Crippen LogP contribution in [-0.4, -0.2) is 22.7 Å². The van der Waals surface area contributed by atoms with Crippen molar-refractivity contribution in [3.05, 3.63) is 23.7 Å². The first-order chi connectivity index (χ1) is 7.54. The molecule has 0 N–H and O–H groups in total. The molecular formula is C12H18ClNO2. The molecule has 0 aliphatic heterocycles. The molecule has 1 aromatic heterocycles. The van der Waals surface area contributed by atoms with Gasteiger partial charge in [-0.2, -0.15) is 0 Å². The number of carbonyl (C=O) groups excluding carboxylic acids is 1. The van der Waals surface area contributed by atoms with Crippen LogP contribution in [0, 0.1) is 6.92 Å². The minimum atomic E-state index is 0.0686. The van der Waals surface area contributed by atoms with Gasteiger partial charge in [0.05, 0.1) is 6.54 Å². The molecule has 4 heteroatoms. The first kappa shape index (κ1) is 13.1. The summed E-state index contributed by atoms with van der Waals surface area (Å²) in [6.07, 6.45) is 0.374. The molecule has 3 nitrogen and oxygen atoms in total. The number of rotatable bonds is 5. The van der Waals surface area contributed by atoms with E-state index in [2.05, 4.69) is 0 Å². The van der Waals surface area contributed by atoms with Gasteiger partial charge in [0.15, 0.2) is 0 Å². The summed E-state index contributed by atoms with van der Waals surface area (Å²) in [4.78, 5) is 13.6. The number of furan rings is 1. The molecule has 1 rings (SSSR count). The molecule has 0 atom stereocenters. The number of alkyl halides is 1. The zero-order valence-electron chi connectivity index (χ0n) is 10.00. The van der Waals surface area contributed by atoms with Crippen molar-refractivity contribution in [1.29, 1.82) is 0 Å². The van der Waals surface area contributed by atoms with Gasteiger partial charge in [-0.15, -0.1) is 11.6 Å². The summed E-state index contributed by atoms with van der Waals surface area (Å²) in [6.45, 7) is 6.38. The molecule has 16 heavy (non-hydrogen) atoms. The Hall–Kier alpha value is -0.960. The van der Waals surface area contributed by atoms with Gasteiger partial charge >= 0.3 is 0 Å². The molecule has 0 bridgehead atoms. The lowest BCUT2D eigenvalue weighted by Gasteiger charge is -2.25. The van der Waals surface area contributed by atoms with E-state index in [0.717, 1.165) is 11.5 Å². The van der Waals surface area contributed by atoms with Gasteiger partial charge in [-0.05, 0) is 32.9 Å². The van der Waals surface area contributed by atoms with Crippen molar-refractivity contribution >= 4 is 17.5 Å². The van der Waals surface area contributed by atoms with Crippen LogP contribution in [0.3, 0.4) is 0 Å². The topological polar surface area (TPSA) is 33.5 Å². The quantitative estimate of drug-likeness (QED) is 0.745. The van der Waals surface area contributed by atoms with Crippen molar-refractivity contribution in [2.24, 2.45) is 0 Å². The molecule has 1 aromatic rings. The van der Waals surface area contributed by atoms with Crippen LogP contribution in [-0.2, 0) is 11.3 Å². The van der Waals surface area contributed by atoms with Crippen molar-refractivity contribution in [2.45, 2.75) is 39.8 Å². The van der Waals surface area contributed by atoms with E-state index in [1.165, 1.54) is 0 Å². The minimum Gasteiger partial charge on any atom is -0.464 e. The summed E-state index contributed by atoms with van der Waals surface area (Å²) in [6, 6.07) is 3.96. The third-order valence-corrected chi connectivity index (χ3v) is 2.56. The maximum atomic E-state index is 11.8. The van der Waals surface area contributed by atoms with Crippen LogP contribution in [0.2, 0.25) is 0 Å². The Morgan fingerprint density at radius 3 is 2.62 bits per heavy atom. The van der Waals surface area contributed by atoms with Crippen LogP contribution in [0.5, 0.6) is 0 Å². The molecule has 0 radical (unpaired) electrons. The van der Waals surface area contributed by atoms with Gasteiger partial charge in [-0.25, -0.2) is 0 Å². The van der Waals surface area contributed by atoms with Gasteiger partial charge in [-0.3, -0.25) is 4.79 Å². The highest BCUT2D eigenvalue weighted by atomic mass is 35.5. The number of amides is 1. The van der Waals surface area contributed by atoms with E-state index in [9.17, 15) is 4.79 Å². The number of hydrogen-bond acceptors (Lipinski definition) is 2. The van der Waals surface area contributed by atoms with E-state index >= 15 is 0 Å². The zero-order chi connectivity index (χ0) is 12.1. The lowest BCUT2D eigenvalue weighted by molar-refractivity contribution is -0.133. The van der Waals surface area contributed by atoms with E-state index in [1.807, 2.05) is 32.9 Å². The summed E-state index contributed by atoms with van der Waals surface area (Å²) >= 11 is 5.58. The van der Waals surface area contributed by atoms with Gasteiger partial charge in [0.1, 0.15) is 11.5 Å². The van der Waals surface area contributed by atoms with Crippen LogP contribution in [0.15, 0.2) is 16.5 Å². The van der Waals surface area contributed by atoms with Crippen molar-refractivity contribution in [1.82, 2.24) is 4.90 Å². The average molecular weight is 244 g/mol. The molecule has 0 fully saturated rings. The molecule has 0 aliphatic rings. The van der Waals surface area contributed by atoms with Crippen LogP contribution >= 0.6 is 11.6 Å². The lowest BCUT2D eigenvalue weighted by Crippen LogP contribution is -2.36. The SMILES string of the molecule is Cc1ccc(CN(C(=O)CCCl)C(C)C)o1. The van der Waals surface area contributed by atoms with Crippen LogP contribution in [0.4, 0.5) is 0 Å². The molecule has 1 heterocycles. The Morgan fingerprint density at radius 1 is 1.50 bits per heavy atom. The number of aryl methyl sites for hydroxylation is 1. The number of hydrogen-bond donors (Lipinski definition) is 0. The van der Waals surface area contributed by atoms with Crippen LogP contribution in [0.1, 0.15) is 31.8 Å². The second-order valence-corrected chi connectivity index (χ2v) is 4.44. The van der Waals surface area contributed by atoms with E-state index in [4.69, 9.17) is 16.0 Å². The highest BCUT2D eigenvalue weighted by Gasteiger charge is 2.17. The molecule has 90 valence electrons. The fourth-order valence-corrected chi connectivity index (χ4v) is 1.68. The Kier molecular flexibility index (Phi) is 4.87. The summed E-state index contributed by atoms with van der Waals surface area (Å²) < 4.78 is 5.47. The number of carbonyl (C=O) groups is 1. The van der Waals surface area contributed by atoms with Gasteiger partial charge in [-0.1, -0.05) is 0 Å². The average Bonchev–Trinajstić information content (AvgIpc) is 2.60. The maximum Gasteiger partial charge on any atom is 0.224 e. The fraction of sp³-hybridized carbons (Fsp3) is 0.583. The molecule has 1 amide bonds. The zero-order valence-corrected chi connectivity index (χ0v) is 10.8. The first-order valence-corrected chi connectivity index (χ1v) is 5.98. The third-order valence-electron chi connectivity index (χ3n) is 2.37. The Bertz CT molecular complexity index is 347. The lowest BCUT2D eigenvalue weighted by atomic mass is 10.2. The monoisotopic (exact) mass is 243 g/mol. The number of nitrogens with zero attached hydrogens (tertiary/aromatic N) is 1. The van der Waals surface area contributed by atoms with Crippen molar-refractivity contribution in [3.63, 3.8) is 0 Å². The normalized spacial score (nSPS) is 10.8. The van der Waals surface area contributed by atoms with Gasteiger partial charge < -0.3 is 9.32 Å². The fourth-order valence-electron chi connectivity index (χ4n) is 1.52. The summed E-state index contributed by atoms with van der Waals surface area (Å²) in [5.41, 5.74) is 0. The Balaban J connectivity index is 2.68. The standard InChI is InChI=1S/C12H18ClNO2/c1-9(2)14(12(15)6-7-13)8-11-5-4-10(3)16-11/h4-5,9H,6-8H2,1-3H3. The van der Waals surface area contributed by atoms with Gasteiger partial charge in [0, 0.05) is 18.3 Å². The second-order valence-electron chi connectivity index (χ2n) is 4.07. The van der Waals surface area contributed by atoms with E-state index in [1.54, 1.807) is 4.90 Å². The Labute approximate surface area is 101 Å². The van der Waals surface area contributed by atoms with Crippen LogP contribution < -0.4 is 0 Å². The van der Waals surface area contributed by atoms with Gasteiger partial charge in [0.25, 0.3) is 0 Å². The summed E-state index contributed by atoms with van der Waals surface area (Å²) in [5, 5.41) is 0. The molecule has 0 aromatic carbocycles. The Morgan fingerprint density at radius 2 is 2.19 bits per heavy atom. The summed E-state index contributed by atoms with van der Waals surface area (Å²) in [7, 11) is 0. The maximum absolute atomic E-state index is 11.8. The van der Waals surface area contributed by atoms with E-state index < -0.39 is 0 Å². The smallest absolute Gasteiger partial charge is 0.224 e. The first-order valence-electron chi connectivity index (χ1n) is 5.45. The molecule has 0 spiro atoms. The molecule has 0 saturated heterocycles. The third kappa shape index (κ3) is 3.56. The molecule has 0 aliphatic carbocycles. The molecular weight excluding hydrogens is 226 g/mol. The van der Waals surface area contributed by atoms with Crippen LogP contribution in [0.25, 0.3) is 0 Å². The minimum absolute atomic E-state index is 0.0686. The van der Waals surface area contributed by atoms with Crippen molar-refractivity contribution in [3.8, 4) is 0 Å². The second kappa shape index (κ2) is 5.94. The van der Waals surface area contributed by atoms with Gasteiger partial charge in [0.2, 0.25) is 5.91 Å². The molecule has 0 unspecified atom stereocenters. The number of halogens is 1.